The number of nitrogens with two attached hydrogens (primary N) is 1. The predicted molar refractivity (Wildman–Crippen MR) is 66.7 cm³/mol. The molecule has 1 heterocycles. The van der Waals surface area contributed by atoms with Crippen molar-refractivity contribution in [1.82, 2.24) is 4.90 Å². The maximum absolute atomic E-state index is 12.2. The van der Waals surface area contributed by atoms with Gasteiger partial charge < -0.3 is 15.7 Å². The van der Waals surface area contributed by atoms with E-state index in [9.17, 15) is 9.90 Å². The van der Waals surface area contributed by atoms with E-state index in [1.165, 1.54) is 0 Å². The lowest BCUT2D eigenvalue weighted by atomic mass is 10.1. The Morgan fingerprint density at radius 1 is 1.47 bits per heavy atom. The highest BCUT2D eigenvalue weighted by Gasteiger charge is 2.23. The Morgan fingerprint density at radius 3 is 2.88 bits per heavy atom. The molecular formula is C13H18N2O2. The van der Waals surface area contributed by atoms with Gasteiger partial charge in [0.05, 0.1) is 6.10 Å². The topological polar surface area (TPSA) is 66.6 Å². The molecule has 1 saturated heterocycles. The maximum atomic E-state index is 12.2. The fraction of sp³-hybridized carbons (Fsp3) is 0.462. The number of β-amino-alcohol motifs (C(OH)–C–C–N with tert-alkyl or cyclic N) is 1. The van der Waals surface area contributed by atoms with E-state index in [0.29, 0.717) is 24.3 Å². The zero-order valence-corrected chi connectivity index (χ0v) is 10.0. The highest BCUT2D eigenvalue weighted by atomic mass is 16.3. The Bertz CT molecular complexity index is 411. The van der Waals surface area contributed by atoms with Crippen LogP contribution in [-0.4, -0.2) is 35.1 Å². The Morgan fingerprint density at radius 2 is 2.24 bits per heavy atom. The number of piperidine rings is 1. The summed E-state index contributed by atoms with van der Waals surface area (Å²) >= 11 is 0. The third kappa shape index (κ3) is 2.77. The van der Waals surface area contributed by atoms with Gasteiger partial charge in [-0.05, 0) is 43.5 Å². The Labute approximate surface area is 101 Å². The maximum Gasteiger partial charge on any atom is 0.254 e. The lowest BCUT2D eigenvalue weighted by Crippen LogP contribution is -2.42. The molecule has 0 aromatic heterocycles. The van der Waals surface area contributed by atoms with Crippen molar-refractivity contribution in [2.24, 2.45) is 0 Å². The van der Waals surface area contributed by atoms with Gasteiger partial charge in [0, 0.05) is 24.3 Å². The number of nitrogen functional groups attached to an aromatic ring is 1. The summed E-state index contributed by atoms with van der Waals surface area (Å²) in [5, 5.41) is 9.57. The fourth-order valence-corrected chi connectivity index (χ4v) is 2.26. The monoisotopic (exact) mass is 234 g/mol. The number of amides is 1. The highest BCUT2D eigenvalue weighted by Crippen LogP contribution is 2.17. The van der Waals surface area contributed by atoms with Crippen molar-refractivity contribution in [3.8, 4) is 0 Å². The molecule has 0 aliphatic carbocycles. The average Bonchev–Trinajstić information content (AvgIpc) is 2.26. The summed E-state index contributed by atoms with van der Waals surface area (Å²) in [7, 11) is 0. The molecule has 2 rings (SSSR count). The van der Waals surface area contributed by atoms with Crippen LogP contribution in [0.3, 0.4) is 0 Å². The van der Waals surface area contributed by atoms with E-state index < -0.39 is 6.10 Å². The second kappa shape index (κ2) is 4.75. The molecule has 0 bridgehead atoms. The molecule has 1 aromatic rings. The normalized spacial score (nSPS) is 20.4. The molecule has 1 amide bonds. The number of hydrogen-bond donors (Lipinski definition) is 2. The van der Waals surface area contributed by atoms with Crippen molar-refractivity contribution >= 4 is 11.6 Å². The van der Waals surface area contributed by atoms with Crippen molar-refractivity contribution in [2.45, 2.75) is 25.9 Å². The van der Waals surface area contributed by atoms with Gasteiger partial charge in [-0.1, -0.05) is 0 Å². The van der Waals surface area contributed by atoms with Gasteiger partial charge >= 0.3 is 0 Å². The van der Waals surface area contributed by atoms with E-state index in [0.717, 1.165) is 18.4 Å². The first kappa shape index (κ1) is 11.9. The van der Waals surface area contributed by atoms with Crippen molar-refractivity contribution in [3.63, 3.8) is 0 Å². The van der Waals surface area contributed by atoms with Crippen LogP contribution < -0.4 is 5.73 Å². The summed E-state index contributed by atoms with van der Waals surface area (Å²) in [5.74, 6) is -0.0425. The number of rotatable bonds is 1. The Balaban J connectivity index is 2.18. The summed E-state index contributed by atoms with van der Waals surface area (Å²) in [6.45, 7) is 3.05. The van der Waals surface area contributed by atoms with E-state index in [-0.39, 0.29) is 5.91 Å². The molecule has 92 valence electrons. The number of aryl methyl sites for hydroxylation is 1. The lowest BCUT2D eigenvalue weighted by molar-refractivity contribution is 0.0474. The van der Waals surface area contributed by atoms with Crippen LogP contribution in [0.15, 0.2) is 18.2 Å². The first-order valence-corrected chi connectivity index (χ1v) is 5.91. The molecule has 1 unspecified atom stereocenters. The van der Waals surface area contributed by atoms with E-state index in [4.69, 9.17) is 5.73 Å². The first-order valence-electron chi connectivity index (χ1n) is 5.91. The predicted octanol–water partition coefficient (Wildman–Crippen LogP) is 1.17. The molecule has 17 heavy (non-hydrogen) atoms. The number of anilines is 1. The van der Waals surface area contributed by atoms with Gasteiger partial charge in [0.1, 0.15) is 0 Å². The van der Waals surface area contributed by atoms with Crippen LogP contribution in [-0.2, 0) is 0 Å². The van der Waals surface area contributed by atoms with E-state index in [1.54, 1.807) is 11.0 Å². The molecule has 0 radical (unpaired) electrons. The van der Waals surface area contributed by atoms with Crippen LogP contribution in [0.1, 0.15) is 28.8 Å². The molecule has 4 heteroatoms. The van der Waals surface area contributed by atoms with E-state index >= 15 is 0 Å². The smallest absolute Gasteiger partial charge is 0.254 e. The fourth-order valence-electron chi connectivity index (χ4n) is 2.26. The van der Waals surface area contributed by atoms with Crippen LogP contribution in [0.25, 0.3) is 0 Å². The molecule has 3 N–H and O–H groups in total. The lowest BCUT2D eigenvalue weighted by Gasteiger charge is -2.30. The van der Waals surface area contributed by atoms with Gasteiger partial charge in [-0.3, -0.25) is 4.79 Å². The third-order valence-corrected chi connectivity index (χ3v) is 3.03. The third-order valence-electron chi connectivity index (χ3n) is 3.03. The zero-order chi connectivity index (χ0) is 12.4. The summed E-state index contributed by atoms with van der Waals surface area (Å²) in [6.07, 6.45) is 1.24. The standard InChI is InChI=1S/C13H18N2O2/c1-9-5-10(7-11(14)6-9)13(17)15-4-2-3-12(16)8-15/h5-7,12,16H,2-4,8,14H2,1H3. The van der Waals surface area contributed by atoms with Gasteiger partial charge in [-0.15, -0.1) is 0 Å². The Hall–Kier alpha value is -1.55. The van der Waals surface area contributed by atoms with Crippen LogP contribution >= 0.6 is 0 Å². The second-order valence-electron chi connectivity index (χ2n) is 4.68. The minimum Gasteiger partial charge on any atom is -0.399 e. The number of benzene rings is 1. The number of hydrogen-bond acceptors (Lipinski definition) is 3. The number of carbonyl (C=O) groups is 1. The minimum absolute atomic E-state index is 0.0425. The average molecular weight is 234 g/mol. The molecule has 1 aliphatic heterocycles. The SMILES string of the molecule is Cc1cc(N)cc(C(=O)N2CCCC(O)C2)c1. The van der Waals surface area contributed by atoms with Gasteiger partial charge in [0.25, 0.3) is 5.91 Å². The van der Waals surface area contributed by atoms with Crippen LogP contribution in [0, 0.1) is 6.92 Å². The molecule has 1 aromatic carbocycles. The number of nitrogens with zero attached hydrogens (tertiary/aromatic N) is 1. The van der Waals surface area contributed by atoms with Gasteiger partial charge in [-0.25, -0.2) is 0 Å². The van der Waals surface area contributed by atoms with Crippen molar-refractivity contribution in [1.29, 1.82) is 0 Å². The quantitative estimate of drug-likeness (QED) is 0.717. The minimum atomic E-state index is -0.394. The van der Waals surface area contributed by atoms with E-state index in [1.807, 2.05) is 19.1 Å². The number of aliphatic hydroxyl groups is 1. The summed E-state index contributed by atoms with van der Waals surface area (Å²) in [4.78, 5) is 13.9. The summed E-state index contributed by atoms with van der Waals surface area (Å²) in [5.41, 5.74) is 7.92. The zero-order valence-electron chi connectivity index (χ0n) is 10.0. The molecule has 1 aliphatic rings. The van der Waals surface area contributed by atoms with Crippen LogP contribution in [0.5, 0.6) is 0 Å². The van der Waals surface area contributed by atoms with Crippen LogP contribution in [0.4, 0.5) is 5.69 Å². The molecule has 0 spiro atoms. The molecule has 1 fully saturated rings. The van der Waals surface area contributed by atoms with Crippen LogP contribution in [0.2, 0.25) is 0 Å². The van der Waals surface area contributed by atoms with Crippen molar-refractivity contribution in [3.05, 3.63) is 29.3 Å². The number of carbonyl (C=O) groups excluding carboxylic acids is 1. The second-order valence-corrected chi connectivity index (χ2v) is 4.68. The summed E-state index contributed by atoms with van der Waals surface area (Å²) in [6, 6.07) is 5.36. The molecule has 1 atom stereocenters. The van der Waals surface area contributed by atoms with Crippen molar-refractivity contribution < 1.29 is 9.90 Å². The van der Waals surface area contributed by atoms with E-state index in [2.05, 4.69) is 0 Å². The molecule has 0 saturated carbocycles. The molecule has 4 nitrogen and oxygen atoms in total. The van der Waals surface area contributed by atoms with Gasteiger partial charge in [-0.2, -0.15) is 0 Å². The Kier molecular flexibility index (Phi) is 3.33. The van der Waals surface area contributed by atoms with Gasteiger partial charge in [0.2, 0.25) is 0 Å². The summed E-state index contributed by atoms with van der Waals surface area (Å²) < 4.78 is 0. The molecular weight excluding hydrogens is 216 g/mol. The first-order chi connectivity index (χ1) is 8.06. The number of aliphatic hydroxyl groups excluding tert-OH is 1. The largest absolute Gasteiger partial charge is 0.399 e. The van der Waals surface area contributed by atoms with Gasteiger partial charge in [0.15, 0.2) is 0 Å². The van der Waals surface area contributed by atoms with Crippen molar-refractivity contribution in [2.75, 3.05) is 18.8 Å². The number of likely N-dealkylation sites (tertiary alicyclic amines) is 1. The highest BCUT2D eigenvalue weighted by molar-refractivity contribution is 5.95.